The number of unbranched alkanes of at least 4 members (excludes halogenated alkanes) is 11. The number of hydrogen-bond donors (Lipinski definition) is 0. The summed E-state index contributed by atoms with van der Waals surface area (Å²) < 4.78 is 13.1. The Labute approximate surface area is 218 Å². The number of nitrogens with zero attached hydrogens (tertiary/aromatic N) is 1. The number of benzene rings is 1. The molecule has 33 heavy (non-hydrogen) atoms. The van der Waals surface area contributed by atoms with Crippen LogP contribution >= 0.6 is 22.6 Å². The van der Waals surface area contributed by atoms with E-state index in [9.17, 15) is 0 Å². The van der Waals surface area contributed by atoms with Crippen molar-refractivity contribution in [3.05, 3.63) is 35.9 Å². The predicted octanol–water partition coefficient (Wildman–Crippen LogP) is 8.95. The van der Waals surface area contributed by atoms with E-state index in [1.165, 1.54) is 83.5 Å². The molecule has 1 heterocycles. The van der Waals surface area contributed by atoms with Gasteiger partial charge in [0.05, 0.1) is 6.10 Å². The molecule has 188 valence electrons. The number of alkyl halides is 1. The van der Waals surface area contributed by atoms with Crippen molar-refractivity contribution in [1.82, 2.24) is 0 Å². The van der Waals surface area contributed by atoms with Gasteiger partial charge in [0, 0.05) is 9.49 Å². The fourth-order valence-electron chi connectivity index (χ4n) is 4.44. The number of aliphatic imine (C=N–C) groups is 1. The van der Waals surface area contributed by atoms with Gasteiger partial charge < -0.3 is 9.16 Å². The number of ether oxygens (including phenoxy) is 1. The first-order valence-corrected chi connectivity index (χ1v) is 18.1. The highest BCUT2D eigenvalue weighted by Gasteiger charge is 2.36. The van der Waals surface area contributed by atoms with Crippen LogP contribution in [0.4, 0.5) is 0 Å². The molecular formula is C28H48INO2Si. The molecule has 3 nitrogen and oxygen atoms in total. The maximum absolute atomic E-state index is 6.67. The number of hydrogen-bond acceptors (Lipinski definition) is 3. The van der Waals surface area contributed by atoms with Gasteiger partial charge in [-0.15, -0.1) is 0 Å². The summed E-state index contributed by atoms with van der Waals surface area (Å²) in [6.07, 6.45) is 18.1. The molecule has 0 amide bonds. The Bertz CT molecular complexity index is 662. The maximum atomic E-state index is 6.67. The zero-order valence-electron chi connectivity index (χ0n) is 21.7. The van der Waals surface area contributed by atoms with E-state index >= 15 is 0 Å². The number of halogens is 1. The Morgan fingerprint density at radius 1 is 0.909 bits per heavy atom. The summed E-state index contributed by atoms with van der Waals surface area (Å²) in [5, 5.41) is 0. The van der Waals surface area contributed by atoms with Gasteiger partial charge in [0.25, 0.3) is 0 Å². The minimum atomic E-state index is -1.67. The Balaban J connectivity index is 1.70. The summed E-state index contributed by atoms with van der Waals surface area (Å²) in [5.41, 5.74) is 1.07. The SMILES string of the molecule is CCCCCCCCCCCCCC[C@@H](I)[C@@H](O[Si](C)(C)C)[C@@H]1COC(c2ccccc2)=N1. The quantitative estimate of drug-likeness (QED) is 0.0745. The van der Waals surface area contributed by atoms with Crippen LogP contribution < -0.4 is 0 Å². The minimum absolute atomic E-state index is 0.103. The summed E-state index contributed by atoms with van der Waals surface area (Å²) in [6, 6.07) is 10.4. The minimum Gasteiger partial charge on any atom is -0.475 e. The lowest BCUT2D eigenvalue weighted by molar-refractivity contribution is 0.142. The molecular weight excluding hydrogens is 537 g/mol. The molecule has 1 aromatic carbocycles. The van der Waals surface area contributed by atoms with Crippen molar-refractivity contribution in [3.63, 3.8) is 0 Å². The second kappa shape index (κ2) is 16.3. The van der Waals surface area contributed by atoms with E-state index in [0.717, 1.165) is 11.5 Å². The van der Waals surface area contributed by atoms with Gasteiger partial charge >= 0.3 is 0 Å². The molecule has 0 aromatic heterocycles. The molecule has 0 saturated carbocycles. The van der Waals surface area contributed by atoms with Gasteiger partial charge in [-0.05, 0) is 38.2 Å². The third-order valence-corrected chi connectivity index (χ3v) is 8.56. The molecule has 1 aliphatic rings. The Hall–Kier alpha value is -0.403. The molecule has 0 spiro atoms. The van der Waals surface area contributed by atoms with Crippen molar-refractivity contribution in [1.29, 1.82) is 0 Å². The smallest absolute Gasteiger partial charge is 0.216 e. The van der Waals surface area contributed by atoms with E-state index in [1.54, 1.807) is 0 Å². The van der Waals surface area contributed by atoms with Crippen molar-refractivity contribution in [2.24, 2.45) is 4.99 Å². The van der Waals surface area contributed by atoms with Crippen LogP contribution in [0.2, 0.25) is 19.6 Å². The van der Waals surface area contributed by atoms with E-state index in [1.807, 2.05) is 18.2 Å². The lowest BCUT2D eigenvalue weighted by Crippen LogP contribution is -2.44. The molecule has 0 radical (unpaired) electrons. The fourth-order valence-corrected chi connectivity index (χ4v) is 6.92. The van der Waals surface area contributed by atoms with E-state index in [2.05, 4.69) is 61.3 Å². The summed E-state index contributed by atoms with van der Waals surface area (Å²) in [5.74, 6) is 0.777. The highest BCUT2D eigenvalue weighted by molar-refractivity contribution is 14.1. The van der Waals surface area contributed by atoms with E-state index in [4.69, 9.17) is 14.2 Å². The average Bonchev–Trinajstić information content (AvgIpc) is 3.28. The monoisotopic (exact) mass is 585 g/mol. The Kier molecular flexibility index (Phi) is 14.2. The van der Waals surface area contributed by atoms with Crippen LogP contribution in [0.15, 0.2) is 35.3 Å². The first-order chi connectivity index (χ1) is 15.9. The van der Waals surface area contributed by atoms with Crippen molar-refractivity contribution >= 4 is 36.8 Å². The third kappa shape index (κ3) is 12.2. The van der Waals surface area contributed by atoms with Crippen molar-refractivity contribution in [2.45, 2.75) is 126 Å². The second-order valence-electron chi connectivity index (χ2n) is 10.6. The lowest BCUT2D eigenvalue weighted by Gasteiger charge is -2.32. The highest BCUT2D eigenvalue weighted by Crippen LogP contribution is 2.28. The normalized spacial score (nSPS) is 18.1. The molecule has 0 bridgehead atoms. The first-order valence-electron chi connectivity index (χ1n) is 13.5. The molecule has 0 aliphatic carbocycles. The average molecular weight is 586 g/mol. The molecule has 1 aromatic rings. The summed E-state index contributed by atoms with van der Waals surface area (Å²) in [7, 11) is -1.67. The zero-order valence-corrected chi connectivity index (χ0v) is 24.8. The molecule has 3 atom stereocenters. The van der Waals surface area contributed by atoms with Gasteiger partial charge in [0.1, 0.15) is 12.6 Å². The molecule has 0 saturated heterocycles. The molecule has 0 N–H and O–H groups in total. The molecule has 1 aliphatic heterocycles. The summed E-state index contributed by atoms with van der Waals surface area (Å²) in [6.45, 7) is 9.77. The lowest BCUT2D eigenvalue weighted by atomic mass is 10.0. The van der Waals surface area contributed by atoms with Gasteiger partial charge in [0.2, 0.25) is 5.90 Å². The van der Waals surface area contributed by atoms with Crippen LogP contribution in [0.3, 0.4) is 0 Å². The molecule has 5 heteroatoms. The van der Waals surface area contributed by atoms with Crippen LogP contribution in [-0.2, 0) is 9.16 Å². The topological polar surface area (TPSA) is 30.8 Å². The van der Waals surface area contributed by atoms with Gasteiger partial charge in [0.15, 0.2) is 8.32 Å². The Morgan fingerprint density at radius 2 is 1.45 bits per heavy atom. The van der Waals surface area contributed by atoms with E-state index < -0.39 is 8.32 Å². The Morgan fingerprint density at radius 3 is 2.00 bits per heavy atom. The molecule has 0 unspecified atom stereocenters. The van der Waals surface area contributed by atoms with Gasteiger partial charge in [-0.1, -0.05) is 125 Å². The van der Waals surface area contributed by atoms with Crippen LogP contribution in [-0.4, -0.2) is 36.9 Å². The predicted molar refractivity (Wildman–Crippen MR) is 154 cm³/mol. The van der Waals surface area contributed by atoms with Gasteiger partial charge in [-0.2, -0.15) is 0 Å². The van der Waals surface area contributed by atoms with E-state index in [-0.39, 0.29) is 12.1 Å². The van der Waals surface area contributed by atoms with Gasteiger partial charge in [-0.3, -0.25) is 0 Å². The highest BCUT2D eigenvalue weighted by atomic mass is 127. The molecule has 0 fully saturated rings. The van der Waals surface area contributed by atoms with Crippen LogP contribution in [0, 0.1) is 0 Å². The summed E-state index contributed by atoms with van der Waals surface area (Å²) >= 11 is 2.62. The van der Waals surface area contributed by atoms with Crippen LogP contribution in [0.5, 0.6) is 0 Å². The fraction of sp³-hybridized carbons (Fsp3) is 0.750. The van der Waals surface area contributed by atoms with Crippen LogP contribution in [0.25, 0.3) is 0 Å². The third-order valence-electron chi connectivity index (χ3n) is 6.25. The van der Waals surface area contributed by atoms with Crippen molar-refractivity contribution in [2.75, 3.05) is 6.61 Å². The van der Waals surface area contributed by atoms with Crippen LogP contribution in [0.1, 0.15) is 96.0 Å². The van der Waals surface area contributed by atoms with Crippen molar-refractivity contribution < 1.29 is 9.16 Å². The standard InChI is InChI=1S/C28H48INO2Si/c1-5-6-7-8-9-10-11-12-13-14-15-19-22-25(29)27(32-33(2,3)4)26-23-31-28(30-26)24-20-17-16-18-21-24/h16-18,20-21,25-27H,5-15,19,22-23H2,1-4H3/t25-,26+,27-/m1/s1. The molecule has 2 rings (SSSR count). The largest absolute Gasteiger partial charge is 0.475 e. The van der Waals surface area contributed by atoms with E-state index in [0.29, 0.717) is 10.5 Å². The van der Waals surface area contributed by atoms with Gasteiger partial charge in [-0.25, -0.2) is 4.99 Å². The number of rotatable bonds is 18. The second-order valence-corrected chi connectivity index (χ2v) is 16.6. The van der Waals surface area contributed by atoms with Crippen molar-refractivity contribution in [3.8, 4) is 0 Å². The summed E-state index contributed by atoms with van der Waals surface area (Å²) in [4.78, 5) is 4.96. The zero-order chi connectivity index (χ0) is 23.9. The first kappa shape index (κ1) is 28.8. The maximum Gasteiger partial charge on any atom is 0.216 e.